The van der Waals surface area contributed by atoms with Crippen LogP contribution in [0.15, 0.2) is 4.99 Å². The monoisotopic (exact) mass is 502 g/mol. The lowest BCUT2D eigenvalue weighted by molar-refractivity contribution is -0.143. The maximum Gasteiger partial charge on any atom is 0.326 e. The average molecular weight is 503 g/mol. The van der Waals surface area contributed by atoms with Gasteiger partial charge in [0.15, 0.2) is 5.96 Å². The number of hydrogen-bond donors (Lipinski definition) is 9. The molecule has 5 unspecified atom stereocenters. The molecule has 0 radical (unpaired) electrons. The van der Waals surface area contributed by atoms with Crippen LogP contribution in [-0.2, 0) is 24.0 Å². The predicted octanol–water partition coefficient (Wildman–Crippen LogP) is -3.79. The van der Waals surface area contributed by atoms with Gasteiger partial charge in [0.05, 0.1) is 18.6 Å². The largest absolute Gasteiger partial charge is 0.480 e. The molecule has 0 aromatic heterocycles. The van der Waals surface area contributed by atoms with Crippen molar-refractivity contribution in [3.05, 3.63) is 0 Å². The van der Waals surface area contributed by atoms with Crippen molar-refractivity contribution in [3.63, 3.8) is 0 Å². The van der Waals surface area contributed by atoms with E-state index in [0.717, 1.165) is 0 Å². The van der Waals surface area contributed by atoms with Gasteiger partial charge in [-0.2, -0.15) is 0 Å². The number of hydrogen-bond acceptors (Lipinski definition) is 8. The van der Waals surface area contributed by atoms with Crippen LogP contribution in [-0.4, -0.2) is 82.6 Å². The summed E-state index contributed by atoms with van der Waals surface area (Å²) < 4.78 is 0. The molecule has 200 valence electrons. The number of guanidine groups is 1. The number of carboxylic acids is 1. The first-order chi connectivity index (χ1) is 16.1. The summed E-state index contributed by atoms with van der Waals surface area (Å²) in [6, 6.07) is -5.31. The molecular formula is C20H38N8O7. The van der Waals surface area contributed by atoms with Crippen LogP contribution in [0.2, 0.25) is 0 Å². The summed E-state index contributed by atoms with van der Waals surface area (Å²) in [5.41, 5.74) is 21.1. The fourth-order valence-corrected chi connectivity index (χ4v) is 2.97. The molecule has 0 aliphatic carbocycles. The number of nitrogens with one attached hydrogen (secondary N) is 3. The molecule has 0 fully saturated rings. The van der Waals surface area contributed by atoms with Crippen LogP contribution in [0.3, 0.4) is 0 Å². The molecule has 0 aromatic carbocycles. The van der Waals surface area contributed by atoms with Gasteiger partial charge in [-0.1, -0.05) is 13.8 Å². The van der Waals surface area contributed by atoms with E-state index in [0.29, 0.717) is 0 Å². The normalized spacial score (nSPS) is 15.1. The molecule has 0 bridgehead atoms. The number of aliphatic imine (C=N–C) groups is 1. The van der Waals surface area contributed by atoms with E-state index in [-0.39, 0.29) is 37.7 Å². The van der Waals surface area contributed by atoms with Crippen molar-refractivity contribution in [2.75, 3.05) is 6.54 Å². The van der Waals surface area contributed by atoms with Crippen LogP contribution < -0.4 is 38.9 Å². The number of aliphatic carboxylic acids is 1. The van der Waals surface area contributed by atoms with Crippen LogP contribution in [0.1, 0.15) is 46.5 Å². The lowest BCUT2D eigenvalue weighted by Gasteiger charge is -2.26. The number of nitrogens with two attached hydrogens (primary N) is 4. The van der Waals surface area contributed by atoms with Gasteiger partial charge in [-0.3, -0.25) is 24.2 Å². The highest BCUT2D eigenvalue weighted by Gasteiger charge is 2.32. The van der Waals surface area contributed by atoms with Crippen LogP contribution in [0, 0.1) is 5.92 Å². The molecule has 35 heavy (non-hydrogen) atoms. The molecule has 13 N–H and O–H groups in total. The van der Waals surface area contributed by atoms with E-state index in [2.05, 4.69) is 20.9 Å². The van der Waals surface area contributed by atoms with E-state index in [9.17, 15) is 34.2 Å². The Labute approximate surface area is 203 Å². The highest BCUT2D eigenvalue weighted by Crippen LogP contribution is 2.07. The zero-order valence-corrected chi connectivity index (χ0v) is 20.2. The summed E-state index contributed by atoms with van der Waals surface area (Å²) in [4.78, 5) is 64.2. The fourth-order valence-electron chi connectivity index (χ4n) is 2.97. The second-order valence-corrected chi connectivity index (χ2v) is 8.54. The lowest BCUT2D eigenvalue weighted by atomic mass is 10.0. The number of amides is 4. The number of carbonyl (C=O) groups is 5. The molecule has 0 aromatic rings. The average Bonchev–Trinajstić information content (AvgIpc) is 2.71. The second-order valence-electron chi connectivity index (χ2n) is 8.54. The van der Waals surface area contributed by atoms with Crippen LogP contribution in [0.4, 0.5) is 0 Å². The van der Waals surface area contributed by atoms with E-state index < -0.39 is 66.3 Å². The van der Waals surface area contributed by atoms with E-state index in [1.807, 2.05) is 0 Å². The summed E-state index contributed by atoms with van der Waals surface area (Å²) in [5, 5.41) is 26.4. The standard InChI is InChI=1S/C20H38N8O7/c1-9(2)7-13(19(34)35)27-17(32)12(5-4-6-25-20(23)24)26-18(33)15(10(3)29)28-16(31)11(21)8-14(22)30/h9-13,15,29H,4-8,21H2,1-3H3,(H2,22,30)(H,26,33)(H,27,32)(H,28,31)(H,34,35)(H4,23,24,25). The fraction of sp³-hybridized carbons (Fsp3) is 0.700. The molecule has 0 saturated heterocycles. The van der Waals surface area contributed by atoms with Crippen LogP contribution in [0.5, 0.6) is 0 Å². The van der Waals surface area contributed by atoms with E-state index in [1.54, 1.807) is 13.8 Å². The number of carboxylic acid groups (broad SMARTS) is 1. The maximum absolute atomic E-state index is 12.9. The van der Waals surface area contributed by atoms with Crippen molar-refractivity contribution >= 4 is 35.6 Å². The van der Waals surface area contributed by atoms with Crippen molar-refractivity contribution in [2.24, 2.45) is 33.8 Å². The van der Waals surface area contributed by atoms with Gasteiger partial charge in [-0.05, 0) is 32.1 Å². The van der Waals surface area contributed by atoms with Gasteiger partial charge in [0.2, 0.25) is 23.6 Å². The number of carbonyl (C=O) groups excluding carboxylic acids is 4. The molecule has 0 heterocycles. The topological polar surface area (TPSA) is 278 Å². The van der Waals surface area contributed by atoms with Gasteiger partial charge in [0.1, 0.15) is 18.1 Å². The Morgan fingerprint density at radius 3 is 1.91 bits per heavy atom. The Kier molecular flexibility index (Phi) is 13.9. The minimum absolute atomic E-state index is 0.0179. The first kappa shape index (κ1) is 31.5. The molecule has 0 spiro atoms. The second kappa shape index (κ2) is 15.4. The molecule has 15 heteroatoms. The number of nitrogens with zero attached hydrogens (tertiary/aromatic N) is 1. The third-order valence-corrected chi connectivity index (χ3v) is 4.72. The summed E-state index contributed by atoms with van der Waals surface area (Å²) in [7, 11) is 0. The lowest BCUT2D eigenvalue weighted by Crippen LogP contribution is -2.60. The minimum atomic E-state index is -1.53. The van der Waals surface area contributed by atoms with Crippen molar-refractivity contribution in [3.8, 4) is 0 Å². The SMILES string of the molecule is CC(C)CC(NC(=O)C(CCCN=C(N)N)NC(=O)C(NC(=O)C(N)CC(N)=O)C(C)O)C(=O)O. The minimum Gasteiger partial charge on any atom is -0.480 e. The zero-order valence-electron chi connectivity index (χ0n) is 20.2. The number of aliphatic hydroxyl groups is 1. The van der Waals surface area contributed by atoms with Gasteiger partial charge >= 0.3 is 5.97 Å². The number of aliphatic hydroxyl groups excluding tert-OH is 1. The molecule has 0 aliphatic heterocycles. The predicted molar refractivity (Wildman–Crippen MR) is 126 cm³/mol. The first-order valence-corrected chi connectivity index (χ1v) is 11.1. The smallest absolute Gasteiger partial charge is 0.326 e. The summed E-state index contributed by atoms with van der Waals surface area (Å²) in [6.07, 6.45) is -1.47. The Hall–Kier alpha value is -3.46. The van der Waals surface area contributed by atoms with Gasteiger partial charge in [-0.15, -0.1) is 0 Å². The molecular weight excluding hydrogens is 464 g/mol. The van der Waals surface area contributed by atoms with Crippen molar-refractivity contribution < 1.29 is 34.2 Å². The van der Waals surface area contributed by atoms with E-state index in [1.165, 1.54) is 6.92 Å². The van der Waals surface area contributed by atoms with Crippen molar-refractivity contribution in [2.45, 2.75) is 76.7 Å². The Morgan fingerprint density at radius 2 is 1.46 bits per heavy atom. The van der Waals surface area contributed by atoms with Crippen LogP contribution in [0.25, 0.3) is 0 Å². The highest BCUT2D eigenvalue weighted by molar-refractivity contribution is 5.95. The summed E-state index contributed by atoms with van der Waals surface area (Å²) >= 11 is 0. The van der Waals surface area contributed by atoms with Crippen molar-refractivity contribution in [1.82, 2.24) is 16.0 Å². The van der Waals surface area contributed by atoms with Crippen molar-refractivity contribution in [1.29, 1.82) is 0 Å². The van der Waals surface area contributed by atoms with Gasteiger partial charge in [0, 0.05) is 6.54 Å². The molecule has 0 aliphatic rings. The van der Waals surface area contributed by atoms with E-state index >= 15 is 0 Å². The highest BCUT2D eigenvalue weighted by atomic mass is 16.4. The number of rotatable bonds is 16. The molecule has 0 rings (SSSR count). The van der Waals surface area contributed by atoms with Gasteiger partial charge < -0.3 is 49.1 Å². The first-order valence-electron chi connectivity index (χ1n) is 11.1. The molecule has 15 nitrogen and oxygen atoms in total. The molecule has 4 amide bonds. The third-order valence-electron chi connectivity index (χ3n) is 4.72. The van der Waals surface area contributed by atoms with Crippen LogP contribution >= 0.6 is 0 Å². The van der Waals surface area contributed by atoms with Gasteiger partial charge in [-0.25, -0.2) is 4.79 Å². The Morgan fingerprint density at radius 1 is 0.886 bits per heavy atom. The zero-order chi connectivity index (χ0) is 27.3. The Bertz CT molecular complexity index is 783. The van der Waals surface area contributed by atoms with E-state index in [4.69, 9.17) is 22.9 Å². The third kappa shape index (κ3) is 13.1. The quantitative estimate of drug-likeness (QED) is 0.0563. The summed E-state index contributed by atoms with van der Waals surface area (Å²) in [5.74, 6) is -4.91. The number of primary amides is 1. The maximum atomic E-state index is 12.9. The van der Waals surface area contributed by atoms with Gasteiger partial charge in [0.25, 0.3) is 0 Å². The Balaban J connectivity index is 5.58. The molecule has 5 atom stereocenters. The molecule has 0 saturated carbocycles. The summed E-state index contributed by atoms with van der Waals surface area (Å²) in [6.45, 7) is 4.93.